The predicted molar refractivity (Wildman–Crippen MR) is 89.5 cm³/mol. The van der Waals surface area contributed by atoms with E-state index in [9.17, 15) is 4.79 Å². The number of carbonyl (C=O) groups is 1. The molecule has 22 heavy (non-hydrogen) atoms. The fraction of sp³-hybridized carbons (Fsp3) is 0.588. The first-order chi connectivity index (χ1) is 10.7. The van der Waals surface area contributed by atoms with Crippen LogP contribution in [0.3, 0.4) is 0 Å². The lowest BCUT2D eigenvalue weighted by Crippen LogP contribution is -2.44. The minimum atomic E-state index is 0.162. The predicted octanol–water partition coefficient (Wildman–Crippen LogP) is 3.10. The zero-order chi connectivity index (χ0) is 15.8. The first-order valence-corrected chi connectivity index (χ1v) is 8.45. The van der Waals surface area contributed by atoms with Crippen LogP contribution in [0.25, 0.3) is 0 Å². The van der Waals surface area contributed by atoms with Crippen LogP contribution in [0.5, 0.6) is 5.75 Å². The molecule has 122 valence electrons. The van der Waals surface area contributed by atoms with Crippen molar-refractivity contribution in [3.8, 4) is 5.75 Å². The van der Waals surface area contributed by atoms with Crippen molar-refractivity contribution in [1.82, 2.24) is 10.2 Å². The van der Waals surface area contributed by atoms with Gasteiger partial charge in [0.05, 0.1) is 6.61 Å². The summed E-state index contributed by atoms with van der Waals surface area (Å²) in [7, 11) is 0. The van der Waals surface area contributed by atoms with Crippen LogP contribution in [-0.2, 0) is 4.79 Å². The van der Waals surface area contributed by atoms with Gasteiger partial charge in [0.15, 0.2) is 0 Å². The van der Waals surface area contributed by atoms with Crippen LogP contribution in [0.15, 0.2) is 24.3 Å². The summed E-state index contributed by atoms with van der Waals surface area (Å²) in [5.74, 6) is 1.03. The van der Waals surface area contributed by atoms with E-state index in [1.165, 1.54) is 0 Å². The molecule has 1 N–H and O–H groups in total. The molecule has 0 saturated carbocycles. The maximum absolute atomic E-state index is 11.4. The third kappa shape index (κ3) is 5.85. The van der Waals surface area contributed by atoms with E-state index < -0.39 is 0 Å². The van der Waals surface area contributed by atoms with Crippen LogP contribution < -0.4 is 10.1 Å². The summed E-state index contributed by atoms with van der Waals surface area (Å²) in [6.45, 7) is 5.76. The van der Waals surface area contributed by atoms with E-state index in [4.69, 9.17) is 16.3 Å². The molecular weight excluding hydrogens is 300 g/mol. The van der Waals surface area contributed by atoms with Crippen molar-refractivity contribution in [2.24, 2.45) is 0 Å². The first kappa shape index (κ1) is 17.1. The molecule has 1 heterocycles. The molecule has 1 aromatic carbocycles. The second-order valence-corrected chi connectivity index (χ2v) is 6.13. The highest BCUT2D eigenvalue weighted by Crippen LogP contribution is 2.16. The molecule has 0 bridgehead atoms. The third-order valence-electron chi connectivity index (χ3n) is 3.97. The molecule has 0 radical (unpaired) electrons. The topological polar surface area (TPSA) is 41.6 Å². The summed E-state index contributed by atoms with van der Waals surface area (Å²) >= 11 is 5.84. The number of hydrogen-bond acceptors (Lipinski definition) is 3. The molecule has 0 spiro atoms. The lowest BCUT2D eigenvalue weighted by molar-refractivity contribution is -0.121. The standard InChI is InChI=1S/C17H25ClN2O2/c1-2-17(21)19-15-8-11-20(12-9-15)10-3-13-22-16-6-4-14(18)5-7-16/h4-7,15H,2-3,8-13H2,1H3,(H,19,21). The molecule has 1 saturated heterocycles. The van der Waals surface area contributed by atoms with E-state index in [0.29, 0.717) is 19.1 Å². The number of rotatable bonds is 7. The van der Waals surface area contributed by atoms with Gasteiger partial charge in [-0.3, -0.25) is 4.79 Å². The first-order valence-electron chi connectivity index (χ1n) is 8.07. The Kier molecular flexibility index (Phi) is 7.00. The third-order valence-corrected chi connectivity index (χ3v) is 4.23. The Morgan fingerprint density at radius 2 is 2.00 bits per heavy atom. The Bertz CT molecular complexity index is 456. The van der Waals surface area contributed by atoms with Crippen molar-refractivity contribution in [3.63, 3.8) is 0 Å². The molecule has 0 aromatic heterocycles. The lowest BCUT2D eigenvalue weighted by Gasteiger charge is -2.32. The Morgan fingerprint density at radius 3 is 2.64 bits per heavy atom. The van der Waals surface area contributed by atoms with Gasteiger partial charge in [0, 0.05) is 37.1 Å². The minimum absolute atomic E-state index is 0.162. The Hall–Kier alpha value is -1.26. The smallest absolute Gasteiger partial charge is 0.219 e. The Morgan fingerprint density at radius 1 is 1.32 bits per heavy atom. The molecule has 1 aliphatic rings. The normalized spacial score (nSPS) is 16.5. The van der Waals surface area contributed by atoms with Gasteiger partial charge in [-0.1, -0.05) is 18.5 Å². The quantitative estimate of drug-likeness (QED) is 0.784. The molecule has 2 rings (SSSR count). The average molecular weight is 325 g/mol. The number of carbonyl (C=O) groups excluding carboxylic acids is 1. The van der Waals surface area contributed by atoms with Gasteiger partial charge < -0.3 is 15.0 Å². The highest BCUT2D eigenvalue weighted by atomic mass is 35.5. The molecular formula is C17H25ClN2O2. The Labute approximate surface area is 137 Å². The molecule has 1 aromatic rings. The molecule has 1 fully saturated rings. The van der Waals surface area contributed by atoms with Gasteiger partial charge >= 0.3 is 0 Å². The molecule has 0 aliphatic carbocycles. The van der Waals surface area contributed by atoms with Crippen LogP contribution in [0.4, 0.5) is 0 Å². The maximum Gasteiger partial charge on any atom is 0.219 e. The van der Waals surface area contributed by atoms with Crippen molar-refractivity contribution in [1.29, 1.82) is 0 Å². The zero-order valence-corrected chi connectivity index (χ0v) is 13.9. The van der Waals surface area contributed by atoms with Crippen LogP contribution in [0.1, 0.15) is 32.6 Å². The SMILES string of the molecule is CCC(=O)NC1CCN(CCCOc2ccc(Cl)cc2)CC1. The summed E-state index contributed by atoms with van der Waals surface area (Å²) in [6.07, 6.45) is 3.67. The lowest BCUT2D eigenvalue weighted by atomic mass is 10.0. The molecule has 0 atom stereocenters. The molecule has 4 nitrogen and oxygen atoms in total. The van der Waals surface area contributed by atoms with Crippen molar-refractivity contribution >= 4 is 17.5 Å². The minimum Gasteiger partial charge on any atom is -0.494 e. The largest absolute Gasteiger partial charge is 0.494 e. The Balaban J connectivity index is 1.57. The van der Waals surface area contributed by atoms with Crippen molar-refractivity contribution in [2.45, 2.75) is 38.6 Å². The van der Waals surface area contributed by atoms with Gasteiger partial charge in [-0.05, 0) is 43.5 Å². The summed E-state index contributed by atoms with van der Waals surface area (Å²) in [5, 5.41) is 3.81. The number of amides is 1. The van der Waals surface area contributed by atoms with E-state index >= 15 is 0 Å². The van der Waals surface area contributed by atoms with Gasteiger partial charge in [-0.25, -0.2) is 0 Å². The number of nitrogens with zero attached hydrogens (tertiary/aromatic N) is 1. The summed E-state index contributed by atoms with van der Waals surface area (Å²) in [5.41, 5.74) is 0. The number of piperidine rings is 1. The number of halogens is 1. The zero-order valence-electron chi connectivity index (χ0n) is 13.2. The van der Waals surface area contributed by atoms with E-state index in [1.54, 1.807) is 0 Å². The van der Waals surface area contributed by atoms with Gasteiger partial charge in [-0.15, -0.1) is 0 Å². The summed E-state index contributed by atoms with van der Waals surface area (Å²) in [6, 6.07) is 7.82. The van der Waals surface area contributed by atoms with E-state index in [-0.39, 0.29) is 5.91 Å². The van der Waals surface area contributed by atoms with Crippen LogP contribution in [0.2, 0.25) is 5.02 Å². The number of likely N-dealkylation sites (tertiary alicyclic amines) is 1. The fourth-order valence-electron chi connectivity index (χ4n) is 2.64. The van der Waals surface area contributed by atoms with Gasteiger partial charge in [0.25, 0.3) is 0 Å². The van der Waals surface area contributed by atoms with E-state index in [2.05, 4.69) is 10.2 Å². The molecule has 1 amide bonds. The van der Waals surface area contributed by atoms with Crippen molar-refractivity contribution in [3.05, 3.63) is 29.3 Å². The van der Waals surface area contributed by atoms with Gasteiger partial charge in [-0.2, -0.15) is 0 Å². The van der Waals surface area contributed by atoms with Crippen LogP contribution in [-0.4, -0.2) is 43.1 Å². The highest BCUT2D eigenvalue weighted by molar-refractivity contribution is 6.30. The monoisotopic (exact) mass is 324 g/mol. The molecule has 5 heteroatoms. The number of nitrogens with one attached hydrogen (secondary N) is 1. The summed E-state index contributed by atoms with van der Waals surface area (Å²) < 4.78 is 5.70. The van der Waals surface area contributed by atoms with E-state index in [0.717, 1.165) is 49.7 Å². The maximum atomic E-state index is 11.4. The van der Waals surface area contributed by atoms with Gasteiger partial charge in [0.1, 0.15) is 5.75 Å². The van der Waals surface area contributed by atoms with Crippen LogP contribution >= 0.6 is 11.6 Å². The second kappa shape index (κ2) is 9.01. The highest BCUT2D eigenvalue weighted by Gasteiger charge is 2.19. The molecule has 1 aliphatic heterocycles. The van der Waals surface area contributed by atoms with Crippen molar-refractivity contribution < 1.29 is 9.53 Å². The van der Waals surface area contributed by atoms with Gasteiger partial charge in [0.2, 0.25) is 5.91 Å². The second-order valence-electron chi connectivity index (χ2n) is 5.69. The van der Waals surface area contributed by atoms with Crippen LogP contribution in [0, 0.1) is 0 Å². The van der Waals surface area contributed by atoms with E-state index in [1.807, 2.05) is 31.2 Å². The van der Waals surface area contributed by atoms with Crippen molar-refractivity contribution in [2.75, 3.05) is 26.2 Å². The molecule has 0 unspecified atom stereocenters. The number of ether oxygens (including phenoxy) is 1. The summed E-state index contributed by atoms with van der Waals surface area (Å²) in [4.78, 5) is 13.8. The average Bonchev–Trinajstić information content (AvgIpc) is 2.54. The number of benzene rings is 1. The fourth-order valence-corrected chi connectivity index (χ4v) is 2.77. The number of hydrogen-bond donors (Lipinski definition) is 1.